The van der Waals surface area contributed by atoms with Gasteiger partial charge in [-0.15, -0.1) is 11.3 Å². The van der Waals surface area contributed by atoms with E-state index < -0.39 is 0 Å². The van der Waals surface area contributed by atoms with Gasteiger partial charge in [0.05, 0.1) is 12.8 Å². The summed E-state index contributed by atoms with van der Waals surface area (Å²) in [7, 11) is 0. The monoisotopic (exact) mass is 285 g/mol. The molecule has 0 spiro atoms. The maximum Gasteiger partial charge on any atom is 0.117 e. The van der Waals surface area contributed by atoms with Gasteiger partial charge in [0.2, 0.25) is 0 Å². The minimum absolute atomic E-state index is 0.353. The SMILES string of the molecule is C[C@@H](NCc1ccco1)c1cc(Br)cs1. The van der Waals surface area contributed by atoms with Gasteiger partial charge in [0.1, 0.15) is 5.76 Å². The molecule has 80 valence electrons. The normalized spacial score (nSPS) is 12.9. The molecule has 0 aliphatic carbocycles. The highest BCUT2D eigenvalue weighted by atomic mass is 79.9. The Balaban J connectivity index is 1.90. The number of hydrogen-bond donors (Lipinski definition) is 1. The fourth-order valence-electron chi connectivity index (χ4n) is 1.32. The quantitative estimate of drug-likeness (QED) is 0.920. The number of hydrogen-bond acceptors (Lipinski definition) is 3. The maximum atomic E-state index is 5.26. The average Bonchev–Trinajstić information content (AvgIpc) is 2.84. The smallest absolute Gasteiger partial charge is 0.117 e. The number of rotatable bonds is 4. The van der Waals surface area contributed by atoms with Gasteiger partial charge < -0.3 is 9.73 Å². The molecule has 0 radical (unpaired) electrons. The molecule has 0 amide bonds. The van der Waals surface area contributed by atoms with Crippen molar-refractivity contribution in [3.8, 4) is 0 Å². The van der Waals surface area contributed by atoms with Crippen LogP contribution in [0.5, 0.6) is 0 Å². The van der Waals surface area contributed by atoms with E-state index in [2.05, 4.69) is 39.6 Å². The number of thiophene rings is 1. The highest BCUT2D eigenvalue weighted by molar-refractivity contribution is 9.10. The Hall–Kier alpha value is -0.580. The molecule has 2 heterocycles. The van der Waals surface area contributed by atoms with Gasteiger partial charge in [0.15, 0.2) is 0 Å². The van der Waals surface area contributed by atoms with Crippen LogP contribution < -0.4 is 5.32 Å². The predicted octanol–water partition coefficient (Wildman–Crippen LogP) is 3.95. The molecule has 4 heteroatoms. The Morgan fingerprint density at radius 2 is 2.47 bits per heavy atom. The fourth-order valence-corrected chi connectivity index (χ4v) is 2.80. The van der Waals surface area contributed by atoms with Gasteiger partial charge in [-0.1, -0.05) is 0 Å². The Morgan fingerprint density at radius 3 is 3.07 bits per heavy atom. The van der Waals surface area contributed by atoms with Crippen molar-refractivity contribution >= 4 is 27.3 Å². The molecule has 0 aliphatic heterocycles. The summed E-state index contributed by atoms with van der Waals surface area (Å²) < 4.78 is 6.40. The van der Waals surface area contributed by atoms with Gasteiger partial charge in [0.25, 0.3) is 0 Å². The third-order valence-corrected chi connectivity index (χ3v) is 4.05. The van der Waals surface area contributed by atoms with Crippen LogP contribution in [0.2, 0.25) is 0 Å². The van der Waals surface area contributed by atoms with E-state index in [1.165, 1.54) is 4.88 Å². The summed E-state index contributed by atoms with van der Waals surface area (Å²) in [5, 5.41) is 5.51. The third kappa shape index (κ3) is 2.93. The van der Waals surface area contributed by atoms with E-state index in [9.17, 15) is 0 Å². The topological polar surface area (TPSA) is 25.2 Å². The zero-order chi connectivity index (χ0) is 10.7. The molecule has 0 unspecified atom stereocenters. The van der Waals surface area contributed by atoms with E-state index in [1.807, 2.05) is 12.1 Å². The molecule has 1 N–H and O–H groups in total. The third-order valence-electron chi connectivity index (χ3n) is 2.18. The first-order valence-electron chi connectivity index (χ1n) is 4.75. The van der Waals surface area contributed by atoms with Gasteiger partial charge in [-0.3, -0.25) is 0 Å². The van der Waals surface area contributed by atoms with Crippen LogP contribution in [0.15, 0.2) is 38.7 Å². The number of furan rings is 1. The highest BCUT2D eigenvalue weighted by Gasteiger charge is 2.07. The molecular formula is C11H12BrNOS. The second kappa shape index (κ2) is 4.96. The van der Waals surface area contributed by atoms with Crippen molar-refractivity contribution in [2.24, 2.45) is 0 Å². The molecule has 2 nitrogen and oxygen atoms in total. The largest absolute Gasteiger partial charge is 0.468 e. The van der Waals surface area contributed by atoms with Crippen LogP contribution in [0.3, 0.4) is 0 Å². The molecule has 0 bridgehead atoms. The van der Waals surface area contributed by atoms with Crippen LogP contribution in [0.25, 0.3) is 0 Å². The molecule has 0 fully saturated rings. The predicted molar refractivity (Wildman–Crippen MR) is 66.0 cm³/mol. The molecule has 15 heavy (non-hydrogen) atoms. The van der Waals surface area contributed by atoms with Crippen molar-refractivity contribution in [2.75, 3.05) is 0 Å². The fraction of sp³-hybridized carbons (Fsp3) is 0.273. The van der Waals surface area contributed by atoms with Crippen molar-refractivity contribution in [3.63, 3.8) is 0 Å². The molecule has 0 aromatic carbocycles. The van der Waals surface area contributed by atoms with E-state index in [1.54, 1.807) is 17.6 Å². The van der Waals surface area contributed by atoms with Crippen molar-refractivity contribution < 1.29 is 4.42 Å². The van der Waals surface area contributed by atoms with Crippen molar-refractivity contribution in [2.45, 2.75) is 19.5 Å². The molecular weight excluding hydrogens is 274 g/mol. The molecule has 1 atom stereocenters. The van der Waals surface area contributed by atoms with Crippen LogP contribution in [0.1, 0.15) is 23.6 Å². The van der Waals surface area contributed by atoms with Crippen molar-refractivity contribution in [3.05, 3.63) is 45.0 Å². The highest BCUT2D eigenvalue weighted by Crippen LogP contribution is 2.25. The van der Waals surface area contributed by atoms with E-state index in [4.69, 9.17) is 4.42 Å². The lowest BCUT2D eigenvalue weighted by molar-refractivity contribution is 0.462. The van der Waals surface area contributed by atoms with Crippen molar-refractivity contribution in [1.82, 2.24) is 5.32 Å². The average molecular weight is 286 g/mol. The lowest BCUT2D eigenvalue weighted by atomic mass is 10.2. The Bertz CT molecular complexity index is 410. The summed E-state index contributed by atoms with van der Waals surface area (Å²) in [6.45, 7) is 2.92. The number of halogens is 1. The minimum Gasteiger partial charge on any atom is -0.468 e. The number of nitrogens with one attached hydrogen (secondary N) is 1. The second-order valence-corrected chi connectivity index (χ2v) is 5.21. The van der Waals surface area contributed by atoms with Crippen LogP contribution in [-0.2, 0) is 6.54 Å². The van der Waals surface area contributed by atoms with Crippen LogP contribution in [-0.4, -0.2) is 0 Å². The second-order valence-electron chi connectivity index (χ2n) is 3.35. The molecule has 0 saturated carbocycles. The summed E-state index contributed by atoms with van der Waals surface area (Å²) in [5.74, 6) is 0.970. The van der Waals surface area contributed by atoms with Gasteiger partial charge in [-0.25, -0.2) is 0 Å². The summed E-state index contributed by atoms with van der Waals surface area (Å²) in [6, 6.07) is 6.38. The lowest BCUT2D eigenvalue weighted by Crippen LogP contribution is -2.16. The van der Waals surface area contributed by atoms with Crippen LogP contribution in [0, 0.1) is 0 Å². The maximum absolute atomic E-state index is 5.26. The Morgan fingerprint density at radius 1 is 1.60 bits per heavy atom. The first-order valence-corrected chi connectivity index (χ1v) is 6.42. The van der Waals surface area contributed by atoms with E-state index in [0.717, 1.165) is 16.8 Å². The van der Waals surface area contributed by atoms with E-state index in [0.29, 0.717) is 6.04 Å². The zero-order valence-electron chi connectivity index (χ0n) is 8.37. The lowest BCUT2D eigenvalue weighted by Gasteiger charge is -2.10. The standard InChI is InChI=1S/C11H12BrNOS/c1-8(11-5-9(12)7-15-11)13-6-10-3-2-4-14-10/h2-5,7-8,13H,6H2,1H3/t8-/m1/s1. The molecule has 0 aliphatic rings. The molecule has 2 aromatic rings. The zero-order valence-corrected chi connectivity index (χ0v) is 10.8. The molecule has 2 aromatic heterocycles. The molecule has 2 rings (SSSR count). The minimum atomic E-state index is 0.353. The van der Waals surface area contributed by atoms with E-state index >= 15 is 0 Å². The molecule has 0 saturated heterocycles. The van der Waals surface area contributed by atoms with E-state index in [-0.39, 0.29) is 0 Å². The van der Waals surface area contributed by atoms with Gasteiger partial charge in [-0.05, 0) is 41.1 Å². The summed E-state index contributed by atoms with van der Waals surface area (Å²) in [5.41, 5.74) is 0. The Labute approximate surface area is 101 Å². The summed E-state index contributed by atoms with van der Waals surface area (Å²) >= 11 is 5.21. The first-order chi connectivity index (χ1) is 7.25. The first kappa shape index (κ1) is 10.9. The summed E-state index contributed by atoms with van der Waals surface area (Å²) in [4.78, 5) is 1.33. The van der Waals surface area contributed by atoms with Crippen LogP contribution >= 0.6 is 27.3 Å². The Kier molecular flexibility index (Phi) is 3.61. The van der Waals surface area contributed by atoms with Gasteiger partial charge in [-0.2, -0.15) is 0 Å². The van der Waals surface area contributed by atoms with Gasteiger partial charge in [0, 0.05) is 20.8 Å². The van der Waals surface area contributed by atoms with Gasteiger partial charge >= 0.3 is 0 Å². The van der Waals surface area contributed by atoms with Crippen LogP contribution in [0.4, 0.5) is 0 Å². The van der Waals surface area contributed by atoms with Crippen molar-refractivity contribution in [1.29, 1.82) is 0 Å². The summed E-state index contributed by atoms with van der Waals surface area (Å²) in [6.07, 6.45) is 1.70.